The normalized spacial score (nSPS) is 10.3. The Morgan fingerprint density at radius 3 is 3.18 bits per heavy atom. The first kappa shape index (κ1) is 6.68. The van der Waals surface area contributed by atoms with Gasteiger partial charge in [-0.2, -0.15) is 0 Å². The Kier molecular flexibility index (Phi) is 1.55. The third-order valence-electron chi connectivity index (χ3n) is 1.59. The number of rotatable bonds is 1. The van der Waals surface area contributed by atoms with E-state index in [2.05, 4.69) is 17.5 Å². The zero-order chi connectivity index (χ0) is 7.68. The predicted molar refractivity (Wildman–Crippen MR) is 47.2 cm³/mol. The molecule has 0 fully saturated rings. The second-order valence-corrected chi connectivity index (χ2v) is 3.16. The van der Waals surface area contributed by atoms with Crippen LogP contribution in [0, 0.1) is 6.07 Å². The van der Waals surface area contributed by atoms with Gasteiger partial charge in [0, 0.05) is 16.2 Å². The molecular weight excluding hydrogens is 156 g/mol. The first-order chi connectivity index (χ1) is 5.42. The van der Waals surface area contributed by atoms with E-state index in [1.54, 1.807) is 18.4 Å². The number of hydrogen-bond donors (Lipinski definition) is 0. The molecule has 2 aromatic rings. The molecular formula is C9H7OS. The minimum absolute atomic E-state index is 0.837. The molecule has 0 bridgehead atoms. The average molecular weight is 163 g/mol. The van der Waals surface area contributed by atoms with Gasteiger partial charge in [0.15, 0.2) is 0 Å². The lowest BCUT2D eigenvalue weighted by Gasteiger charge is -1.98. The van der Waals surface area contributed by atoms with Crippen LogP contribution in [0.1, 0.15) is 0 Å². The van der Waals surface area contributed by atoms with Crippen LogP contribution in [0.5, 0.6) is 5.75 Å². The molecule has 0 aliphatic rings. The SMILES string of the molecule is COc1[c]ccc2sccc12. The minimum atomic E-state index is 0.837. The minimum Gasteiger partial charge on any atom is -0.495 e. The largest absolute Gasteiger partial charge is 0.495 e. The third kappa shape index (κ3) is 0.994. The molecule has 1 nitrogen and oxygen atoms in total. The maximum atomic E-state index is 5.14. The van der Waals surface area contributed by atoms with Crippen molar-refractivity contribution in [1.29, 1.82) is 0 Å². The van der Waals surface area contributed by atoms with Crippen molar-refractivity contribution in [2.45, 2.75) is 0 Å². The van der Waals surface area contributed by atoms with Crippen molar-refractivity contribution in [1.82, 2.24) is 0 Å². The Morgan fingerprint density at radius 2 is 2.36 bits per heavy atom. The summed E-state index contributed by atoms with van der Waals surface area (Å²) in [6, 6.07) is 9.01. The van der Waals surface area contributed by atoms with Crippen molar-refractivity contribution >= 4 is 21.4 Å². The summed E-state index contributed by atoms with van der Waals surface area (Å²) in [6.07, 6.45) is 0. The fraction of sp³-hybridized carbons (Fsp3) is 0.111. The van der Waals surface area contributed by atoms with Gasteiger partial charge >= 0.3 is 0 Å². The summed E-state index contributed by atoms with van der Waals surface area (Å²) < 4.78 is 6.39. The molecule has 0 aliphatic carbocycles. The molecule has 0 unspecified atom stereocenters. The zero-order valence-corrected chi connectivity index (χ0v) is 6.94. The highest BCUT2D eigenvalue weighted by molar-refractivity contribution is 7.17. The molecule has 2 heteroatoms. The maximum Gasteiger partial charge on any atom is 0.135 e. The van der Waals surface area contributed by atoms with Crippen molar-refractivity contribution in [3.8, 4) is 5.75 Å². The van der Waals surface area contributed by atoms with Crippen LogP contribution in [0.3, 0.4) is 0 Å². The molecule has 0 atom stereocenters. The number of methoxy groups -OCH3 is 1. The van der Waals surface area contributed by atoms with Gasteiger partial charge in [-0.3, -0.25) is 0 Å². The van der Waals surface area contributed by atoms with E-state index in [1.807, 2.05) is 12.1 Å². The Bertz CT molecular complexity index is 364. The quantitative estimate of drug-likeness (QED) is 0.628. The number of thiophene rings is 1. The van der Waals surface area contributed by atoms with Crippen LogP contribution in [-0.4, -0.2) is 7.11 Å². The van der Waals surface area contributed by atoms with Crippen LogP contribution in [0.4, 0.5) is 0 Å². The van der Waals surface area contributed by atoms with Crippen molar-refractivity contribution in [3.63, 3.8) is 0 Å². The topological polar surface area (TPSA) is 9.23 Å². The van der Waals surface area contributed by atoms with Gasteiger partial charge in [-0.1, -0.05) is 0 Å². The van der Waals surface area contributed by atoms with Gasteiger partial charge in [-0.05, 0) is 23.6 Å². The molecule has 1 aromatic heterocycles. The van der Waals surface area contributed by atoms with Crippen LogP contribution >= 0.6 is 11.3 Å². The summed E-state index contributed by atoms with van der Waals surface area (Å²) in [7, 11) is 1.67. The molecule has 1 aromatic carbocycles. The molecule has 11 heavy (non-hydrogen) atoms. The second kappa shape index (κ2) is 2.55. The highest BCUT2D eigenvalue weighted by Gasteiger charge is 1.99. The first-order valence-corrected chi connectivity index (χ1v) is 4.21. The van der Waals surface area contributed by atoms with Gasteiger partial charge in [-0.15, -0.1) is 11.3 Å². The summed E-state index contributed by atoms with van der Waals surface area (Å²) in [4.78, 5) is 0. The second-order valence-electron chi connectivity index (χ2n) is 2.21. The van der Waals surface area contributed by atoms with Crippen molar-refractivity contribution in [2.75, 3.05) is 7.11 Å². The van der Waals surface area contributed by atoms with Crippen LogP contribution in [0.2, 0.25) is 0 Å². The summed E-state index contributed by atoms with van der Waals surface area (Å²) in [6.45, 7) is 0. The molecule has 1 heterocycles. The molecule has 55 valence electrons. The Labute approximate surface area is 69.2 Å². The van der Waals surface area contributed by atoms with Gasteiger partial charge in [0.2, 0.25) is 0 Å². The lowest BCUT2D eigenvalue weighted by molar-refractivity contribution is 0.419. The van der Waals surface area contributed by atoms with E-state index in [-0.39, 0.29) is 0 Å². The highest BCUT2D eigenvalue weighted by atomic mass is 32.1. The molecule has 1 radical (unpaired) electrons. The van der Waals surface area contributed by atoms with Gasteiger partial charge in [-0.25, -0.2) is 0 Å². The van der Waals surface area contributed by atoms with Crippen LogP contribution < -0.4 is 4.74 Å². The summed E-state index contributed by atoms with van der Waals surface area (Å²) in [5.74, 6) is 0.837. The van der Waals surface area contributed by atoms with Crippen LogP contribution in [0.25, 0.3) is 10.1 Å². The van der Waals surface area contributed by atoms with E-state index in [0.717, 1.165) is 11.1 Å². The lowest BCUT2D eigenvalue weighted by atomic mass is 10.2. The van der Waals surface area contributed by atoms with Gasteiger partial charge in [0.25, 0.3) is 0 Å². The van der Waals surface area contributed by atoms with Crippen molar-refractivity contribution < 1.29 is 4.74 Å². The smallest absolute Gasteiger partial charge is 0.135 e. The van der Waals surface area contributed by atoms with Gasteiger partial charge < -0.3 is 4.74 Å². The van der Waals surface area contributed by atoms with E-state index in [9.17, 15) is 0 Å². The van der Waals surface area contributed by atoms with E-state index in [4.69, 9.17) is 4.74 Å². The van der Waals surface area contributed by atoms with E-state index in [1.165, 1.54) is 4.70 Å². The molecule has 0 saturated carbocycles. The molecule has 0 N–H and O–H groups in total. The van der Waals surface area contributed by atoms with Gasteiger partial charge in [0.1, 0.15) is 5.75 Å². The number of ether oxygens (including phenoxy) is 1. The average Bonchev–Trinajstić information content (AvgIpc) is 2.50. The fourth-order valence-electron chi connectivity index (χ4n) is 1.08. The van der Waals surface area contributed by atoms with Crippen molar-refractivity contribution in [3.05, 3.63) is 29.6 Å². The summed E-state index contributed by atoms with van der Waals surface area (Å²) in [5, 5.41) is 3.21. The predicted octanol–water partition coefficient (Wildman–Crippen LogP) is 2.71. The standard InChI is InChI=1S/C9H7OS/c1-10-8-3-2-4-9-7(8)5-6-11-9/h2,4-6H,1H3. The van der Waals surface area contributed by atoms with Crippen LogP contribution in [-0.2, 0) is 0 Å². The Balaban J connectivity index is 2.79. The molecule has 0 spiro atoms. The Morgan fingerprint density at radius 1 is 1.45 bits per heavy atom. The number of benzene rings is 1. The zero-order valence-electron chi connectivity index (χ0n) is 6.13. The fourth-order valence-corrected chi connectivity index (χ4v) is 1.86. The first-order valence-electron chi connectivity index (χ1n) is 3.33. The summed E-state index contributed by atoms with van der Waals surface area (Å²) >= 11 is 1.72. The number of hydrogen-bond acceptors (Lipinski definition) is 2. The lowest BCUT2D eigenvalue weighted by Crippen LogP contribution is -1.81. The highest BCUT2D eigenvalue weighted by Crippen LogP contribution is 2.28. The third-order valence-corrected chi connectivity index (χ3v) is 2.48. The molecule has 0 aliphatic heterocycles. The number of fused-ring (bicyclic) bond motifs is 1. The van der Waals surface area contributed by atoms with E-state index < -0.39 is 0 Å². The Hall–Kier alpha value is -1.02. The molecule has 0 saturated heterocycles. The van der Waals surface area contributed by atoms with Crippen molar-refractivity contribution in [2.24, 2.45) is 0 Å². The summed E-state index contributed by atoms with van der Waals surface area (Å²) in [5.41, 5.74) is 0. The monoisotopic (exact) mass is 163 g/mol. The van der Waals surface area contributed by atoms with Crippen LogP contribution in [0.15, 0.2) is 23.6 Å². The molecule has 2 rings (SSSR count). The maximum absolute atomic E-state index is 5.14. The molecule has 0 amide bonds. The van der Waals surface area contributed by atoms with E-state index in [0.29, 0.717) is 0 Å². The van der Waals surface area contributed by atoms with Gasteiger partial charge in [0.05, 0.1) is 7.11 Å². The van der Waals surface area contributed by atoms with E-state index >= 15 is 0 Å².